The predicted octanol–water partition coefficient (Wildman–Crippen LogP) is 2.56. The quantitative estimate of drug-likeness (QED) is 0.812. The van der Waals surface area contributed by atoms with E-state index >= 15 is 0 Å². The van der Waals surface area contributed by atoms with Crippen molar-refractivity contribution in [2.24, 2.45) is 0 Å². The Kier molecular flexibility index (Phi) is 4.44. The van der Waals surface area contributed by atoms with Crippen molar-refractivity contribution in [1.29, 1.82) is 0 Å². The zero-order valence-electron chi connectivity index (χ0n) is 10.6. The molecular weight excluding hydrogens is 214 g/mol. The fourth-order valence-electron chi connectivity index (χ4n) is 1.48. The van der Waals surface area contributed by atoms with E-state index in [2.05, 4.69) is 5.32 Å². The van der Waals surface area contributed by atoms with Gasteiger partial charge in [-0.1, -0.05) is 30.3 Å². The smallest absolute Gasteiger partial charge is 0.220 e. The van der Waals surface area contributed by atoms with Gasteiger partial charge in [0.05, 0.1) is 0 Å². The van der Waals surface area contributed by atoms with E-state index in [-0.39, 0.29) is 30.1 Å². The second-order valence-electron chi connectivity index (χ2n) is 5.09. The van der Waals surface area contributed by atoms with Crippen molar-refractivity contribution in [1.82, 2.24) is 5.32 Å². The Morgan fingerprint density at radius 3 is 2.18 bits per heavy atom. The molecule has 1 aromatic rings. The van der Waals surface area contributed by atoms with E-state index in [0.717, 1.165) is 0 Å². The maximum Gasteiger partial charge on any atom is 0.220 e. The number of hydrogen-bond acceptors (Lipinski definition) is 2. The third-order valence-electron chi connectivity index (χ3n) is 2.19. The number of benzene rings is 1. The van der Waals surface area contributed by atoms with E-state index in [1.165, 1.54) is 0 Å². The summed E-state index contributed by atoms with van der Waals surface area (Å²) in [7, 11) is 0. The van der Waals surface area contributed by atoms with Crippen LogP contribution in [0.1, 0.15) is 44.0 Å². The van der Waals surface area contributed by atoms with Gasteiger partial charge in [0.25, 0.3) is 0 Å². The number of carbonyl (C=O) groups is 2. The second kappa shape index (κ2) is 5.62. The molecule has 0 unspecified atom stereocenters. The SMILES string of the molecule is CC(C)(C)NC(=O)CCC(=O)c1ccccc1. The fourth-order valence-corrected chi connectivity index (χ4v) is 1.48. The molecule has 3 heteroatoms. The van der Waals surface area contributed by atoms with Gasteiger partial charge in [0, 0.05) is 23.9 Å². The van der Waals surface area contributed by atoms with Gasteiger partial charge >= 0.3 is 0 Å². The maximum absolute atomic E-state index is 11.7. The topological polar surface area (TPSA) is 46.2 Å². The highest BCUT2D eigenvalue weighted by Gasteiger charge is 2.15. The molecule has 0 heterocycles. The van der Waals surface area contributed by atoms with Crippen molar-refractivity contribution in [2.45, 2.75) is 39.2 Å². The van der Waals surface area contributed by atoms with Gasteiger partial charge in [0.1, 0.15) is 0 Å². The van der Waals surface area contributed by atoms with Crippen LogP contribution < -0.4 is 5.32 Å². The Morgan fingerprint density at radius 1 is 1.06 bits per heavy atom. The number of nitrogens with one attached hydrogen (secondary N) is 1. The predicted molar refractivity (Wildman–Crippen MR) is 67.9 cm³/mol. The molecule has 0 radical (unpaired) electrons. The first-order valence-electron chi connectivity index (χ1n) is 5.78. The number of amides is 1. The lowest BCUT2D eigenvalue weighted by Crippen LogP contribution is -2.40. The van der Waals surface area contributed by atoms with E-state index in [4.69, 9.17) is 0 Å². The standard InChI is InChI=1S/C14H19NO2/c1-14(2,3)15-13(17)10-9-12(16)11-7-5-4-6-8-11/h4-8H,9-10H2,1-3H3,(H,15,17). The molecule has 0 fully saturated rings. The van der Waals surface area contributed by atoms with Gasteiger partial charge in [0.15, 0.2) is 5.78 Å². The van der Waals surface area contributed by atoms with Crippen molar-refractivity contribution in [3.63, 3.8) is 0 Å². The van der Waals surface area contributed by atoms with Gasteiger partial charge in [-0.25, -0.2) is 0 Å². The number of ketones is 1. The minimum absolute atomic E-state index is 0.00894. The molecule has 1 N–H and O–H groups in total. The van der Waals surface area contributed by atoms with Gasteiger partial charge in [0.2, 0.25) is 5.91 Å². The monoisotopic (exact) mass is 233 g/mol. The fraction of sp³-hybridized carbons (Fsp3) is 0.429. The average molecular weight is 233 g/mol. The Labute approximate surface area is 102 Å². The molecule has 0 aromatic heterocycles. The highest BCUT2D eigenvalue weighted by atomic mass is 16.2. The lowest BCUT2D eigenvalue weighted by molar-refractivity contribution is -0.122. The van der Waals surface area contributed by atoms with Gasteiger partial charge in [-0.2, -0.15) is 0 Å². The Balaban J connectivity index is 2.42. The lowest BCUT2D eigenvalue weighted by atomic mass is 10.1. The second-order valence-corrected chi connectivity index (χ2v) is 5.09. The summed E-state index contributed by atoms with van der Waals surface area (Å²) in [6.07, 6.45) is 0.497. The summed E-state index contributed by atoms with van der Waals surface area (Å²) in [6.45, 7) is 5.76. The highest BCUT2D eigenvalue weighted by molar-refractivity contribution is 5.97. The number of carbonyl (C=O) groups excluding carboxylic acids is 2. The normalized spacial score (nSPS) is 11.0. The molecule has 0 aliphatic carbocycles. The summed E-state index contributed by atoms with van der Waals surface area (Å²) in [6, 6.07) is 9.04. The third kappa shape index (κ3) is 5.29. The first-order valence-corrected chi connectivity index (χ1v) is 5.78. The van der Waals surface area contributed by atoms with Gasteiger partial charge in [-0.05, 0) is 20.8 Å². The minimum atomic E-state index is -0.243. The van der Waals surface area contributed by atoms with Crippen LogP contribution in [0.25, 0.3) is 0 Å². The third-order valence-corrected chi connectivity index (χ3v) is 2.19. The molecule has 0 aliphatic heterocycles. The van der Waals surface area contributed by atoms with Crippen molar-refractivity contribution in [3.8, 4) is 0 Å². The molecule has 17 heavy (non-hydrogen) atoms. The summed E-state index contributed by atoms with van der Waals surface area (Å²) in [5.41, 5.74) is 0.420. The molecule has 0 saturated carbocycles. The van der Waals surface area contributed by atoms with Gasteiger partial charge in [-0.3, -0.25) is 9.59 Å². The summed E-state index contributed by atoms with van der Waals surface area (Å²) in [5.74, 6) is -0.0727. The highest BCUT2D eigenvalue weighted by Crippen LogP contribution is 2.06. The molecule has 0 aliphatic rings. The maximum atomic E-state index is 11.7. The largest absolute Gasteiger partial charge is 0.351 e. The van der Waals surface area contributed by atoms with Crippen LogP contribution in [-0.2, 0) is 4.79 Å². The molecule has 0 atom stereocenters. The van der Waals surface area contributed by atoms with Crippen LogP contribution in [0.5, 0.6) is 0 Å². The minimum Gasteiger partial charge on any atom is -0.351 e. The Hall–Kier alpha value is -1.64. The zero-order valence-corrected chi connectivity index (χ0v) is 10.6. The van der Waals surface area contributed by atoms with E-state index in [9.17, 15) is 9.59 Å². The van der Waals surface area contributed by atoms with E-state index in [1.54, 1.807) is 12.1 Å². The van der Waals surface area contributed by atoms with E-state index in [0.29, 0.717) is 5.56 Å². The van der Waals surface area contributed by atoms with Crippen LogP contribution in [0.2, 0.25) is 0 Å². The number of hydrogen-bond donors (Lipinski definition) is 1. The number of Topliss-reactive ketones (excluding diaryl/α,β-unsaturated/α-hetero) is 1. The average Bonchev–Trinajstić information content (AvgIpc) is 2.25. The van der Waals surface area contributed by atoms with Crippen LogP contribution in [0.3, 0.4) is 0 Å². The molecule has 0 saturated heterocycles. The van der Waals surface area contributed by atoms with E-state index in [1.807, 2.05) is 39.0 Å². The molecule has 0 spiro atoms. The summed E-state index contributed by atoms with van der Waals surface area (Å²) in [4.78, 5) is 23.3. The van der Waals surface area contributed by atoms with Crippen LogP contribution in [0.15, 0.2) is 30.3 Å². The molecule has 1 rings (SSSR count). The molecular formula is C14H19NO2. The zero-order chi connectivity index (χ0) is 12.9. The summed E-state index contributed by atoms with van der Waals surface area (Å²) in [5, 5.41) is 2.83. The first-order chi connectivity index (χ1) is 7.88. The molecule has 1 amide bonds. The van der Waals surface area contributed by atoms with Gasteiger partial charge < -0.3 is 5.32 Å². The lowest BCUT2D eigenvalue weighted by Gasteiger charge is -2.20. The molecule has 1 aromatic carbocycles. The summed E-state index contributed by atoms with van der Waals surface area (Å²) < 4.78 is 0. The first kappa shape index (κ1) is 13.4. The molecule has 92 valence electrons. The van der Waals surface area contributed by atoms with Crippen LogP contribution in [0, 0.1) is 0 Å². The molecule has 3 nitrogen and oxygen atoms in total. The van der Waals surface area contributed by atoms with Crippen molar-refractivity contribution in [2.75, 3.05) is 0 Å². The van der Waals surface area contributed by atoms with Crippen LogP contribution in [0.4, 0.5) is 0 Å². The number of rotatable bonds is 4. The summed E-state index contributed by atoms with van der Waals surface area (Å²) >= 11 is 0. The van der Waals surface area contributed by atoms with Crippen molar-refractivity contribution >= 4 is 11.7 Å². The van der Waals surface area contributed by atoms with Crippen molar-refractivity contribution < 1.29 is 9.59 Å². The van der Waals surface area contributed by atoms with Crippen LogP contribution >= 0.6 is 0 Å². The van der Waals surface area contributed by atoms with Crippen LogP contribution in [-0.4, -0.2) is 17.2 Å². The van der Waals surface area contributed by atoms with Crippen molar-refractivity contribution in [3.05, 3.63) is 35.9 Å². The Bertz CT molecular complexity index is 390. The Morgan fingerprint density at radius 2 is 1.65 bits per heavy atom. The molecule has 0 bridgehead atoms. The van der Waals surface area contributed by atoms with E-state index < -0.39 is 0 Å². The van der Waals surface area contributed by atoms with Gasteiger partial charge in [-0.15, -0.1) is 0 Å².